The van der Waals surface area contributed by atoms with Gasteiger partial charge in [-0.3, -0.25) is 0 Å². The molecule has 2 rings (SSSR count). The summed E-state index contributed by atoms with van der Waals surface area (Å²) in [5.41, 5.74) is 0.326. The molecule has 0 fully saturated rings. The van der Waals surface area contributed by atoms with Crippen LogP contribution in [0, 0.1) is 0 Å². The van der Waals surface area contributed by atoms with Crippen molar-refractivity contribution in [2.45, 2.75) is 6.92 Å². The Bertz CT molecular complexity index is 578. The molecule has 2 aromatic carbocycles. The van der Waals surface area contributed by atoms with Crippen molar-refractivity contribution in [1.29, 1.82) is 0 Å². The van der Waals surface area contributed by atoms with Crippen molar-refractivity contribution in [3.63, 3.8) is 0 Å². The number of benzene rings is 2. The van der Waals surface area contributed by atoms with Crippen LogP contribution in [-0.4, -0.2) is 17.7 Å². The quantitative estimate of drug-likeness (QED) is 0.676. The number of carbonyl (C=O) groups is 1. The van der Waals surface area contributed by atoms with E-state index in [-0.39, 0.29) is 11.5 Å². The summed E-state index contributed by atoms with van der Waals surface area (Å²) in [6, 6.07) is 13.1. The van der Waals surface area contributed by atoms with Crippen LogP contribution in [0.2, 0.25) is 0 Å². The van der Waals surface area contributed by atoms with E-state index in [1.165, 1.54) is 12.1 Å². The highest BCUT2D eigenvalue weighted by Crippen LogP contribution is 2.27. The first-order valence-electron chi connectivity index (χ1n) is 5.94. The molecule has 4 nitrogen and oxygen atoms in total. The zero-order chi connectivity index (χ0) is 13.7. The molecule has 4 heteroatoms. The Hall–Kier alpha value is -2.49. The van der Waals surface area contributed by atoms with Gasteiger partial charge in [-0.05, 0) is 31.2 Å². The molecule has 0 aliphatic carbocycles. The topological polar surface area (TPSA) is 55.8 Å². The van der Waals surface area contributed by atoms with E-state index in [1.807, 2.05) is 6.92 Å². The van der Waals surface area contributed by atoms with E-state index >= 15 is 0 Å². The lowest BCUT2D eigenvalue weighted by molar-refractivity contribution is 0.0725. The smallest absolute Gasteiger partial charge is 0.347 e. The summed E-state index contributed by atoms with van der Waals surface area (Å²) in [7, 11) is 0. The summed E-state index contributed by atoms with van der Waals surface area (Å²) >= 11 is 0. The number of phenols is 1. The van der Waals surface area contributed by atoms with Gasteiger partial charge < -0.3 is 14.6 Å². The average Bonchev–Trinajstić information content (AvgIpc) is 2.42. The maximum atomic E-state index is 12.0. The number of phenolic OH excluding ortho intramolecular Hbond substituents is 1. The van der Waals surface area contributed by atoms with Gasteiger partial charge in [0, 0.05) is 0 Å². The average molecular weight is 258 g/mol. The highest BCUT2D eigenvalue weighted by Gasteiger charge is 2.15. The van der Waals surface area contributed by atoms with Gasteiger partial charge in [-0.25, -0.2) is 4.79 Å². The molecule has 1 N–H and O–H groups in total. The van der Waals surface area contributed by atoms with Crippen molar-refractivity contribution in [2.24, 2.45) is 0 Å². The van der Waals surface area contributed by atoms with E-state index in [2.05, 4.69) is 0 Å². The molecule has 0 amide bonds. The predicted molar refractivity (Wildman–Crippen MR) is 70.7 cm³/mol. The Morgan fingerprint density at radius 2 is 1.68 bits per heavy atom. The highest BCUT2D eigenvalue weighted by molar-refractivity contribution is 5.94. The fourth-order valence-corrected chi connectivity index (χ4v) is 1.61. The van der Waals surface area contributed by atoms with Gasteiger partial charge in [0.05, 0.1) is 6.61 Å². The Kier molecular flexibility index (Phi) is 4.03. The molecule has 0 aliphatic heterocycles. The van der Waals surface area contributed by atoms with Gasteiger partial charge in [0.25, 0.3) is 0 Å². The van der Waals surface area contributed by atoms with Crippen molar-refractivity contribution in [1.82, 2.24) is 0 Å². The summed E-state index contributed by atoms with van der Waals surface area (Å²) in [5, 5.41) is 9.57. The number of esters is 1. The third-order valence-corrected chi connectivity index (χ3v) is 2.47. The molecular weight excluding hydrogens is 244 g/mol. The number of aromatic hydroxyl groups is 1. The molecule has 98 valence electrons. The normalized spacial score (nSPS) is 9.95. The zero-order valence-electron chi connectivity index (χ0n) is 10.5. The van der Waals surface area contributed by atoms with Crippen LogP contribution < -0.4 is 9.47 Å². The third-order valence-electron chi connectivity index (χ3n) is 2.47. The largest absolute Gasteiger partial charge is 0.504 e. The summed E-state index contributed by atoms with van der Waals surface area (Å²) < 4.78 is 10.5. The van der Waals surface area contributed by atoms with E-state index in [0.717, 1.165) is 0 Å². The van der Waals surface area contributed by atoms with Crippen molar-refractivity contribution in [3.05, 3.63) is 54.1 Å². The molecule has 0 spiro atoms. The second kappa shape index (κ2) is 5.91. The van der Waals surface area contributed by atoms with E-state index in [0.29, 0.717) is 17.9 Å². The second-order valence-corrected chi connectivity index (χ2v) is 3.79. The number of para-hydroxylation sites is 3. The lowest BCUT2D eigenvalue weighted by Gasteiger charge is -2.10. The number of hydrogen-bond acceptors (Lipinski definition) is 4. The van der Waals surface area contributed by atoms with Crippen LogP contribution in [0.1, 0.15) is 17.3 Å². The predicted octanol–water partition coefficient (Wildman–Crippen LogP) is 3.01. The zero-order valence-corrected chi connectivity index (χ0v) is 10.5. The second-order valence-electron chi connectivity index (χ2n) is 3.79. The maximum Gasteiger partial charge on any atom is 0.347 e. The lowest BCUT2D eigenvalue weighted by atomic mass is 10.2. The minimum Gasteiger partial charge on any atom is -0.504 e. The van der Waals surface area contributed by atoms with E-state index < -0.39 is 5.97 Å². The molecule has 0 aliphatic rings. The summed E-state index contributed by atoms with van der Waals surface area (Å²) in [5.74, 6) is -0.0560. The minimum absolute atomic E-state index is 0.0789. The standard InChI is InChI=1S/C15H14O4/c1-2-18-13-9-5-3-7-11(13)15(17)19-14-10-6-4-8-12(14)16/h3-10,16H,2H2,1H3. The first kappa shape index (κ1) is 13.0. The Balaban J connectivity index is 2.23. The van der Waals surface area contributed by atoms with Crippen LogP contribution in [0.25, 0.3) is 0 Å². The molecule has 0 unspecified atom stereocenters. The molecule has 2 aromatic rings. The minimum atomic E-state index is -0.564. The van der Waals surface area contributed by atoms with Crippen molar-refractivity contribution >= 4 is 5.97 Å². The van der Waals surface area contributed by atoms with Gasteiger partial charge in [-0.2, -0.15) is 0 Å². The fraction of sp³-hybridized carbons (Fsp3) is 0.133. The van der Waals surface area contributed by atoms with E-state index in [4.69, 9.17) is 9.47 Å². The first-order chi connectivity index (χ1) is 9.22. The van der Waals surface area contributed by atoms with Gasteiger partial charge in [0.2, 0.25) is 0 Å². The Morgan fingerprint density at radius 3 is 2.37 bits per heavy atom. The number of ether oxygens (including phenoxy) is 2. The van der Waals surface area contributed by atoms with E-state index in [1.54, 1.807) is 36.4 Å². The Labute approximate surface area is 111 Å². The number of hydrogen-bond donors (Lipinski definition) is 1. The number of rotatable bonds is 4. The molecule has 0 saturated heterocycles. The molecular formula is C15H14O4. The van der Waals surface area contributed by atoms with Crippen LogP contribution in [0.5, 0.6) is 17.2 Å². The van der Waals surface area contributed by atoms with Crippen LogP contribution >= 0.6 is 0 Å². The number of carbonyl (C=O) groups excluding carboxylic acids is 1. The molecule has 0 aromatic heterocycles. The summed E-state index contributed by atoms with van der Waals surface area (Å²) in [6.07, 6.45) is 0. The van der Waals surface area contributed by atoms with Crippen LogP contribution in [-0.2, 0) is 0 Å². The van der Waals surface area contributed by atoms with Gasteiger partial charge in [0.15, 0.2) is 11.5 Å². The molecule has 0 radical (unpaired) electrons. The first-order valence-corrected chi connectivity index (χ1v) is 5.94. The third kappa shape index (κ3) is 3.04. The van der Waals surface area contributed by atoms with Crippen molar-refractivity contribution < 1.29 is 19.4 Å². The molecule has 0 heterocycles. The Morgan fingerprint density at radius 1 is 1.05 bits per heavy atom. The van der Waals surface area contributed by atoms with Crippen LogP contribution in [0.4, 0.5) is 0 Å². The van der Waals surface area contributed by atoms with Gasteiger partial charge in [0.1, 0.15) is 11.3 Å². The van der Waals surface area contributed by atoms with Gasteiger partial charge in [-0.1, -0.05) is 24.3 Å². The molecule has 19 heavy (non-hydrogen) atoms. The lowest BCUT2D eigenvalue weighted by Crippen LogP contribution is -2.10. The van der Waals surface area contributed by atoms with Crippen LogP contribution in [0.15, 0.2) is 48.5 Å². The van der Waals surface area contributed by atoms with Crippen molar-refractivity contribution in [3.8, 4) is 17.2 Å². The maximum absolute atomic E-state index is 12.0. The SMILES string of the molecule is CCOc1ccccc1C(=O)Oc1ccccc1O. The molecule has 0 atom stereocenters. The van der Waals surface area contributed by atoms with Gasteiger partial charge >= 0.3 is 5.97 Å². The fourth-order valence-electron chi connectivity index (χ4n) is 1.61. The summed E-state index contributed by atoms with van der Waals surface area (Å²) in [4.78, 5) is 12.0. The molecule has 0 saturated carbocycles. The van der Waals surface area contributed by atoms with Crippen molar-refractivity contribution in [2.75, 3.05) is 6.61 Å². The monoisotopic (exact) mass is 258 g/mol. The summed E-state index contributed by atoms with van der Waals surface area (Å²) in [6.45, 7) is 2.30. The van der Waals surface area contributed by atoms with E-state index in [9.17, 15) is 9.90 Å². The highest BCUT2D eigenvalue weighted by atomic mass is 16.5. The van der Waals surface area contributed by atoms with Crippen LogP contribution in [0.3, 0.4) is 0 Å². The molecule has 0 bridgehead atoms. The van der Waals surface area contributed by atoms with Gasteiger partial charge in [-0.15, -0.1) is 0 Å².